The highest BCUT2D eigenvalue weighted by Crippen LogP contribution is 2.27. The van der Waals surface area contributed by atoms with Gasteiger partial charge in [0, 0.05) is 27.2 Å². The van der Waals surface area contributed by atoms with Crippen molar-refractivity contribution in [3.05, 3.63) is 11.3 Å². The highest BCUT2D eigenvalue weighted by molar-refractivity contribution is 5.94. The third kappa shape index (κ3) is 2.00. The molecule has 1 unspecified atom stereocenters. The van der Waals surface area contributed by atoms with Crippen molar-refractivity contribution in [1.29, 1.82) is 0 Å². The summed E-state index contributed by atoms with van der Waals surface area (Å²) in [6.45, 7) is 3.24. The van der Waals surface area contributed by atoms with Crippen LogP contribution >= 0.6 is 0 Å². The van der Waals surface area contributed by atoms with Crippen LogP contribution in [-0.2, 0) is 11.8 Å². The molecule has 17 heavy (non-hydrogen) atoms. The Kier molecular flexibility index (Phi) is 3.06. The summed E-state index contributed by atoms with van der Waals surface area (Å²) in [6.07, 6.45) is 1.09. The van der Waals surface area contributed by atoms with Gasteiger partial charge < -0.3 is 14.7 Å². The van der Waals surface area contributed by atoms with E-state index in [9.17, 15) is 9.90 Å². The largest absolute Gasteiger partial charge is 0.477 e. The molecule has 94 valence electrons. The van der Waals surface area contributed by atoms with Crippen molar-refractivity contribution < 1.29 is 14.6 Å². The molecular weight excluding hydrogens is 222 g/mol. The second kappa shape index (κ2) is 4.37. The number of aromatic nitrogens is 2. The molecule has 0 spiro atoms. The van der Waals surface area contributed by atoms with Crippen molar-refractivity contribution in [2.45, 2.75) is 19.4 Å². The molecule has 1 aliphatic rings. The highest BCUT2D eigenvalue weighted by Gasteiger charge is 2.29. The highest BCUT2D eigenvalue weighted by atomic mass is 16.5. The minimum atomic E-state index is -0.925. The van der Waals surface area contributed by atoms with Gasteiger partial charge in [0.15, 0.2) is 0 Å². The van der Waals surface area contributed by atoms with Crippen LogP contribution in [0.1, 0.15) is 22.5 Å². The number of anilines is 1. The van der Waals surface area contributed by atoms with Crippen LogP contribution in [0.5, 0.6) is 0 Å². The van der Waals surface area contributed by atoms with Gasteiger partial charge in [-0.25, -0.2) is 4.79 Å². The topological polar surface area (TPSA) is 67.6 Å². The van der Waals surface area contributed by atoms with E-state index in [0.717, 1.165) is 19.5 Å². The van der Waals surface area contributed by atoms with Crippen LogP contribution in [0.2, 0.25) is 0 Å². The van der Waals surface area contributed by atoms with Gasteiger partial charge in [-0.15, -0.1) is 0 Å². The van der Waals surface area contributed by atoms with Crippen LogP contribution in [0.4, 0.5) is 5.82 Å². The van der Waals surface area contributed by atoms with Gasteiger partial charge in [0.05, 0.1) is 11.8 Å². The molecule has 1 N–H and O–H groups in total. The quantitative estimate of drug-likeness (QED) is 0.839. The number of carbonyl (C=O) groups is 1. The first-order valence-electron chi connectivity index (χ1n) is 5.59. The third-order valence-electron chi connectivity index (χ3n) is 3.18. The molecule has 1 saturated heterocycles. The number of rotatable bonds is 3. The Hall–Kier alpha value is -1.56. The van der Waals surface area contributed by atoms with Crippen molar-refractivity contribution in [2.75, 3.05) is 25.1 Å². The molecule has 1 aromatic heterocycles. The molecule has 0 radical (unpaired) electrons. The maximum atomic E-state index is 11.3. The predicted molar refractivity (Wildman–Crippen MR) is 62.5 cm³/mol. The number of hydrogen-bond acceptors (Lipinski definition) is 4. The molecule has 2 heterocycles. The van der Waals surface area contributed by atoms with Crippen LogP contribution in [0, 0.1) is 6.92 Å². The molecule has 0 aliphatic carbocycles. The number of carboxylic acids is 1. The predicted octanol–water partition coefficient (Wildman–Crippen LogP) is 0.652. The van der Waals surface area contributed by atoms with E-state index >= 15 is 0 Å². The van der Waals surface area contributed by atoms with Crippen LogP contribution in [0.15, 0.2) is 0 Å². The van der Waals surface area contributed by atoms with Crippen LogP contribution < -0.4 is 4.90 Å². The van der Waals surface area contributed by atoms with Gasteiger partial charge in [0.25, 0.3) is 0 Å². The lowest BCUT2D eigenvalue weighted by Gasteiger charge is -2.19. The average Bonchev–Trinajstić information content (AvgIpc) is 2.81. The van der Waals surface area contributed by atoms with Crippen molar-refractivity contribution in [1.82, 2.24) is 9.78 Å². The van der Waals surface area contributed by atoms with Gasteiger partial charge in [-0.2, -0.15) is 5.10 Å². The van der Waals surface area contributed by atoms with E-state index in [2.05, 4.69) is 5.10 Å². The number of hydrogen-bond donors (Lipinski definition) is 1. The fourth-order valence-electron chi connectivity index (χ4n) is 2.37. The summed E-state index contributed by atoms with van der Waals surface area (Å²) in [5.41, 5.74) is 0.847. The van der Waals surface area contributed by atoms with E-state index in [1.165, 1.54) is 0 Å². The van der Waals surface area contributed by atoms with Crippen LogP contribution in [-0.4, -0.2) is 47.2 Å². The molecule has 0 saturated carbocycles. The third-order valence-corrected chi connectivity index (χ3v) is 3.18. The Bertz CT molecular complexity index is 441. The monoisotopic (exact) mass is 239 g/mol. The Balaban J connectivity index is 2.35. The summed E-state index contributed by atoms with van der Waals surface area (Å²) in [7, 11) is 3.45. The SMILES string of the molecule is COC1CCN(c2c(C(=O)O)c(C)nn2C)C1. The molecular formula is C11H17N3O3. The molecule has 1 aliphatic heterocycles. The minimum absolute atomic E-state index is 0.173. The smallest absolute Gasteiger partial charge is 0.341 e. The molecule has 0 amide bonds. The molecule has 1 atom stereocenters. The molecule has 2 rings (SSSR count). The average molecular weight is 239 g/mol. The summed E-state index contributed by atoms with van der Waals surface area (Å²) in [4.78, 5) is 13.3. The first-order valence-corrected chi connectivity index (χ1v) is 5.59. The minimum Gasteiger partial charge on any atom is -0.477 e. The van der Waals surface area contributed by atoms with Crippen LogP contribution in [0.3, 0.4) is 0 Å². The number of nitrogens with zero attached hydrogens (tertiary/aromatic N) is 3. The maximum Gasteiger partial charge on any atom is 0.341 e. The van der Waals surface area contributed by atoms with E-state index in [1.54, 1.807) is 25.8 Å². The Morgan fingerprint density at radius 3 is 2.82 bits per heavy atom. The molecule has 0 bridgehead atoms. The summed E-state index contributed by atoms with van der Waals surface area (Å²) < 4.78 is 6.93. The molecule has 0 aromatic carbocycles. The van der Waals surface area contributed by atoms with Gasteiger partial charge in [0.2, 0.25) is 0 Å². The number of aromatic carboxylic acids is 1. The Morgan fingerprint density at radius 1 is 1.59 bits per heavy atom. The fraction of sp³-hybridized carbons (Fsp3) is 0.636. The molecule has 1 fully saturated rings. The zero-order valence-corrected chi connectivity index (χ0v) is 10.3. The zero-order chi connectivity index (χ0) is 12.6. The number of methoxy groups -OCH3 is 1. The standard InChI is InChI=1S/C11H17N3O3/c1-7-9(11(15)16)10(13(2)12-7)14-5-4-8(6-14)17-3/h8H,4-6H2,1-3H3,(H,15,16). The summed E-state index contributed by atoms with van der Waals surface area (Å²) >= 11 is 0. The number of carboxylic acid groups (broad SMARTS) is 1. The van der Waals surface area contributed by atoms with Gasteiger partial charge in [-0.1, -0.05) is 0 Å². The Labute approximate surface area is 99.8 Å². The zero-order valence-electron chi connectivity index (χ0n) is 10.3. The first kappa shape index (κ1) is 11.9. The molecule has 6 nitrogen and oxygen atoms in total. The van der Waals surface area contributed by atoms with Crippen molar-refractivity contribution in [3.63, 3.8) is 0 Å². The summed E-state index contributed by atoms with van der Waals surface area (Å²) in [6, 6.07) is 0. The molecule has 6 heteroatoms. The van der Waals surface area contributed by atoms with E-state index in [4.69, 9.17) is 4.74 Å². The second-order valence-corrected chi connectivity index (χ2v) is 4.31. The maximum absolute atomic E-state index is 11.3. The fourth-order valence-corrected chi connectivity index (χ4v) is 2.37. The van der Waals surface area contributed by atoms with Gasteiger partial charge in [0.1, 0.15) is 11.4 Å². The van der Waals surface area contributed by atoms with Gasteiger partial charge in [-0.3, -0.25) is 4.68 Å². The Morgan fingerprint density at radius 2 is 2.29 bits per heavy atom. The normalized spacial score (nSPS) is 19.9. The summed E-state index contributed by atoms with van der Waals surface area (Å²) in [5, 5.41) is 13.4. The number of aryl methyl sites for hydroxylation is 2. The van der Waals surface area contributed by atoms with Gasteiger partial charge >= 0.3 is 5.97 Å². The number of ether oxygens (including phenoxy) is 1. The van der Waals surface area contributed by atoms with Crippen molar-refractivity contribution in [3.8, 4) is 0 Å². The van der Waals surface area contributed by atoms with E-state index < -0.39 is 5.97 Å². The lowest BCUT2D eigenvalue weighted by atomic mass is 10.2. The van der Waals surface area contributed by atoms with Crippen molar-refractivity contribution in [2.24, 2.45) is 7.05 Å². The van der Waals surface area contributed by atoms with Crippen molar-refractivity contribution >= 4 is 11.8 Å². The lowest BCUT2D eigenvalue weighted by Crippen LogP contribution is -2.26. The van der Waals surface area contributed by atoms with Crippen LogP contribution in [0.25, 0.3) is 0 Å². The second-order valence-electron chi connectivity index (χ2n) is 4.31. The van der Waals surface area contributed by atoms with Gasteiger partial charge in [-0.05, 0) is 13.3 Å². The first-order chi connectivity index (χ1) is 8.04. The van der Waals surface area contributed by atoms with E-state index in [1.807, 2.05) is 4.90 Å². The van der Waals surface area contributed by atoms with E-state index in [0.29, 0.717) is 17.1 Å². The summed E-state index contributed by atoms with van der Waals surface area (Å²) in [5.74, 6) is -0.249. The van der Waals surface area contributed by atoms with E-state index in [-0.39, 0.29) is 6.10 Å². The lowest BCUT2D eigenvalue weighted by molar-refractivity contribution is 0.0696. The molecule has 1 aromatic rings.